The number of hydrogen-bond donors (Lipinski definition) is 0. The van der Waals surface area contributed by atoms with Gasteiger partial charge in [0.2, 0.25) is 0 Å². The highest BCUT2D eigenvalue weighted by Crippen LogP contribution is 2.22. The second kappa shape index (κ2) is 5.40. The molecule has 0 unspecified atom stereocenters. The molecule has 0 bridgehead atoms. The number of fused-ring (bicyclic) bond motifs is 1. The standard InChI is InChI=1S/C14H8Cl2N2OS/c15-10-3-1-9(2-4-10)12(19)6-5-11-13(16)17-14-18(11)7-8-20-14/h1-8H/b6-5+. The number of hydrogen-bond acceptors (Lipinski definition) is 3. The van der Waals surface area contributed by atoms with Gasteiger partial charge in [0.25, 0.3) is 0 Å². The van der Waals surface area contributed by atoms with Gasteiger partial charge in [-0.2, -0.15) is 0 Å². The minimum atomic E-state index is -0.108. The summed E-state index contributed by atoms with van der Waals surface area (Å²) in [5.41, 5.74) is 1.28. The maximum absolute atomic E-state index is 12.0. The van der Waals surface area contributed by atoms with E-state index in [2.05, 4.69) is 4.98 Å². The van der Waals surface area contributed by atoms with E-state index in [1.807, 2.05) is 16.0 Å². The summed E-state index contributed by atoms with van der Waals surface area (Å²) in [6, 6.07) is 6.75. The molecule has 3 nitrogen and oxygen atoms in total. The second-order valence-electron chi connectivity index (χ2n) is 4.05. The summed E-state index contributed by atoms with van der Waals surface area (Å²) in [5.74, 6) is -0.108. The summed E-state index contributed by atoms with van der Waals surface area (Å²) in [6.45, 7) is 0. The monoisotopic (exact) mass is 322 g/mol. The molecule has 0 spiro atoms. The van der Waals surface area contributed by atoms with Gasteiger partial charge >= 0.3 is 0 Å². The lowest BCUT2D eigenvalue weighted by molar-refractivity contribution is 0.104. The smallest absolute Gasteiger partial charge is 0.195 e. The zero-order valence-corrected chi connectivity index (χ0v) is 12.4. The van der Waals surface area contributed by atoms with Crippen LogP contribution in [0.15, 0.2) is 41.9 Å². The molecule has 0 radical (unpaired) electrons. The van der Waals surface area contributed by atoms with Crippen LogP contribution in [0.25, 0.3) is 11.0 Å². The third-order valence-electron chi connectivity index (χ3n) is 2.78. The van der Waals surface area contributed by atoms with Crippen molar-refractivity contribution in [3.63, 3.8) is 0 Å². The molecule has 0 fully saturated rings. The zero-order valence-electron chi connectivity index (χ0n) is 10.1. The Labute approximate surface area is 129 Å². The average molecular weight is 323 g/mol. The van der Waals surface area contributed by atoms with Crippen molar-refractivity contribution < 1.29 is 4.79 Å². The van der Waals surface area contributed by atoms with Crippen LogP contribution in [0.1, 0.15) is 16.1 Å². The Morgan fingerprint density at radius 2 is 2.00 bits per heavy atom. The number of nitrogens with zero attached hydrogens (tertiary/aromatic N) is 2. The van der Waals surface area contributed by atoms with Crippen LogP contribution in [-0.2, 0) is 0 Å². The molecule has 100 valence electrons. The maximum atomic E-state index is 12.0. The number of ketones is 1. The Balaban J connectivity index is 1.90. The summed E-state index contributed by atoms with van der Waals surface area (Å²) >= 11 is 13.3. The van der Waals surface area contributed by atoms with E-state index in [4.69, 9.17) is 23.2 Å². The molecule has 2 aromatic heterocycles. The van der Waals surface area contributed by atoms with Crippen LogP contribution in [0, 0.1) is 0 Å². The molecule has 0 aliphatic carbocycles. The minimum absolute atomic E-state index is 0.108. The fourth-order valence-electron chi connectivity index (χ4n) is 1.79. The fourth-order valence-corrected chi connectivity index (χ4v) is 2.92. The Morgan fingerprint density at radius 1 is 1.25 bits per heavy atom. The van der Waals surface area contributed by atoms with E-state index in [-0.39, 0.29) is 5.78 Å². The lowest BCUT2D eigenvalue weighted by Gasteiger charge is -1.96. The SMILES string of the molecule is O=C(/C=C/c1c(Cl)nc2sccn12)c1ccc(Cl)cc1. The van der Waals surface area contributed by atoms with Crippen LogP contribution in [0.3, 0.4) is 0 Å². The van der Waals surface area contributed by atoms with Gasteiger partial charge in [0, 0.05) is 22.2 Å². The number of allylic oxidation sites excluding steroid dienone is 1. The Kier molecular flexibility index (Phi) is 3.61. The molecular weight excluding hydrogens is 315 g/mol. The number of halogens is 2. The van der Waals surface area contributed by atoms with Crippen molar-refractivity contribution in [3.8, 4) is 0 Å². The molecule has 0 saturated carbocycles. The van der Waals surface area contributed by atoms with Gasteiger partial charge in [-0.3, -0.25) is 9.20 Å². The van der Waals surface area contributed by atoms with Crippen molar-refractivity contribution in [1.82, 2.24) is 9.38 Å². The number of aromatic nitrogens is 2. The Morgan fingerprint density at radius 3 is 2.75 bits per heavy atom. The van der Waals surface area contributed by atoms with Crippen molar-refractivity contribution in [3.05, 3.63) is 63.4 Å². The maximum Gasteiger partial charge on any atom is 0.195 e. The summed E-state index contributed by atoms with van der Waals surface area (Å²) in [5, 5.41) is 2.90. The molecule has 0 atom stereocenters. The van der Waals surface area contributed by atoms with Crippen molar-refractivity contribution in [2.75, 3.05) is 0 Å². The molecule has 3 aromatic rings. The van der Waals surface area contributed by atoms with E-state index in [9.17, 15) is 4.79 Å². The molecule has 1 aromatic carbocycles. The van der Waals surface area contributed by atoms with E-state index in [0.717, 1.165) is 4.96 Å². The largest absolute Gasteiger partial charge is 0.289 e. The third-order valence-corrected chi connectivity index (χ3v) is 4.06. The summed E-state index contributed by atoms with van der Waals surface area (Å²) in [7, 11) is 0. The zero-order chi connectivity index (χ0) is 14.1. The fraction of sp³-hybridized carbons (Fsp3) is 0. The predicted molar refractivity (Wildman–Crippen MR) is 82.9 cm³/mol. The molecule has 2 heterocycles. The first-order valence-corrected chi connectivity index (χ1v) is 7.38. The van der Waals surface area contributed by atoms with Crippen LogP contribution < -0.4 is 0 Å². The molecule has 0 amide bonds. The molecule has 0 saturated heterocycles. The van der Waals surface area contributed by atoms with Crippen LogP contribution in [0.4, 0.5) is 0 Å². The predicted octanol–water partition coefficient (Wildman–Crippen LogP) is 4.60. The first-order chi connectivity index (χ1) is 9.65. The van der Waals surface area contributed by atoms with Gasteiger partial charge in [0.1, 0.15) is 0 Å². The average Bonchev–Trinajstić information content (AvgIpc) is 2.98. The van der Waals surface area contributed by atoms with Crippen molar-refractivity contribution in [2.45, 2.75) is 0 Å². The lowest BCUT2D eigenvalue weighted by Crippen LogP contribution is -1.93. The number of carbonyl (C=O) groups excluding carboxylic acids is 1. The van der Waals surface area contributed by atoms with Crippen molar-refractivity contribution >= 4 is 51.4 Å². The highest BCUT2D eigenvalue weighted by atomic mass is 35.5. The highest BCUT2D eigenvalue weighted by molar-refractivity contribution is 7.15. The van der Waals surface area contributed by atoms with E-state index in [1.165, 1.54) is 17.4 Å². The number of carbonyl (C=O) groups is 1. The van der Waals surface area contributed by atoms with Crippen molar-refractivity contribution in [2.24, 2.45) is 0 Å². The van der Waals surface area contributed by atoms with Crippen LogP contribution in [0.2, 0.25) is 10.2 Å². The van der Waals surface area contributed by atoms with E-state index < -0.39 is 0 Å². The lowest BCUT2D eigenvalue weighted by atomic mass is 10.1. The normalized spacial score (nSPS) is 11.5. The molecule has 0 aliphatic rings. The first-order valence-electron chi connectivity index (χ1n) is 5.74. The van der Waals surface area contributed by atoms with Gasteiger partial charge in [0.05, 0.1) is 5.69 Å². The number of rotatable bonds is 3. The summed E-state index contributed by atoms with van der Waals surface area (Å²) in [6.07, 6.45) is 5.02. The third kappa shape index (κ3) is 2.50. The first kappa shape index (κ1) is 13.4. The van der Waals surface area contributed by atoms with Gasteiger partial charge in [-0.05, 0) is 36.4 Å². The van der Waals surface area contributed by atoms with Gasteiger partial charge in [0.15, 0.2) is 15.9 Å². The number of thiazole rings is 1. The Bertz CT molecular complexity index is 802. The quantitative estimate of drug-likeness (QED) is 0.521. The van der Waals surface area contributed by atoms with Gasteiger partial charge in [-0.15, -0.1) is 11.3 Å². The molecule has 3 rings (SSSR count). The topological polar surface area (TPSA) is 34.4 Å². The second-order valence-corrected chi connectivity index (χ2v) is 5.72. The molecule has 6 heteroatoms. The van der Waals surface area contributed by atoms with E-state index >= 15 is 0 Å². The summed E-state index contributed by atoms with van der Waals surface area (Å²) < 4.78 is 1.85. The van der Waals surface area contributed by atoms with Gasteiger partial charge < -0.3 is 0 Å². The van der Waals surface area contributed by atoms with E-state index in [0.29, 0.717) is 21.4 Å². The molecule has 0 N–H and O–H groups in total. The Hall–Kier alpha value is -1.62. The molecule has 0 aliphatic heterocycles. The molecular formula is C14H8Cl2N2OS. The van der Waals surface area contributed by atoms with Gasteiger partial charge in [-0.1, -0.05) is 23.2 Å². The van der Waals surface area contributed by atoms with Gasteiger partial charge in [-0.25, -0.2) is 4.98 Å². The van der Waals surface area contributed by atoms with E-state index in [1.54, 1.807) is 30.3 Å². The minimum Gasteiger partial charge on any atom is -0.289 e. The van der Waals surface area contributed by atoms with Crippen LogP contribution in [0.5, 0.6) is 0 Å². The van der Waals surface area contributed by atoms with Crippen LogP contribution >= 0.6 is 34.5 Å². The van der Waals surface area contributed by atoms with Crippen LogP contribution in [-0.4, -0.2) is 15.2 Å². The molecule has 20 heavy (non-hydrogen) atoms. The number of benzene rings is 1. The highest BCUT2D eigenvalue weighted by Gasteiger charge is 2.09. The van der Waals surface area contributed by atoms with Crippen molar-refractivity contribution in [1.29, 1.82) is 0 Å². The summed E-state index contributed by atoms with van der Waals surface area (Å²) in [4.78, 5) is 17.0. The number of imidazole rings is 1.